The fraction of sp³-hybridized carbons (Fsp3) is 0.778. The Balaban J connectivity index is 1.48. The van der Waals surface area contributed by atoms with E-state index in [9.17, 15) is 15.3 Å². The van der Waals surface area contributed by atoms with E-state index in [2.05, 4.69) is 61.9 Å². The van der Waals surface area contributed by atoms with Crippen LogP contribution in [0.3, 0.4) is 0 Å². The molecule has 1 aromatic carbocycles. The molecule has 1 aliphatic carbocycles. The molecule has 5 bridgehead atoms. The van der Waals surface area contributed by atoms with Crippen LogP contribution >= 0.6 is 0 Å². The standard InChI is InChI=1S/C27H42N3O3/c1-5-17-18-12-21-24-27(19-10-8-9-11-20(19)28(24)4)13-22(23(18)25(27)32)30(21,26(17)33)15-16(31)14-29(6-2)7-3/h8-11,16-18,21-26,31-33H,5-7,12-15H2,1-4H3/q+1/t16?,17-,18+,21-,22-,23?,24-,25?,26+,27+,30?/m0/s1. The number of hydrogen-bond donors (Lipinski definition) is 3. The smallest absolute Gasteiger partial charge is 0.194 e. The second-order valence-corrected chi connectivity index (χ2v) is 11.7. The molecule has 6 nitrogen and oxygen atoms in total. The summed E-state index contributed by atoms with van der Waals surface area (Å²) in [6.45, 7) is 9.58. The van der Waals surface area contributed by atoms with Crippen LogP contribution in [-0.2, 0) is 5.41 Å². The Labute approximate surface area is 198 Å². The van der Waals surface area contributed by atoms with Gasteiger partial charge in [-0.3, -0.25) is 4.48 Å². The number of aliphatic hydroxyl groups is 3. The van der Waals surface area contributed by atoms with Crippen molar-refractivity contribution in [2.24, 2.45) is 17.8 Å². The van der Waals surface area contributed by atoms with Gasteiger partial charge in [-0.2, -0.15) is 0 Å². The number of para-hydroxylation sites is 1. The fourth-order valence-electron chi connectivity index (χ4n) is 9.96. The maximum atomic E-state index is 12.1. The number of likely N-dealkylation sites (N-methyl/N-ethyl adjacent to an activating group) is 2. The summed E-state index contributed by atoms with van der Waals surface area (Å²) >= 11 is 0. The molecule has 6 aliphatic rings. The SMILES string of the molecule is CC[C@@H]1[C@@H](O)[N+]2(CC(O)CN(CC)CC)[C@H]3C[C@@]45c6ccccc6N(C)[C@H]4[C@@H]2C[C@H]1C3C5O. The van der Waals surface area contributed by atoms with Gasteiger partial charge in [0, 0.05) is 44.0 Å². The number of quaternary nitrogens is 1. The Hall–Kier alpha value is -1.18. The van der Waals surface area contributed by atoms with Crippen molar-refractivity contribution >= 4 is 5.69 Å². The maximum Gasteiger partial charge on any atom is 0.194 e. The highest BCUT2D eigenvalue weighted by atomic mass is 16.3. The van der Waals surface area contributed by atoms with Crippen LogP contribution in [0.1, 0.15) is 45.6 Å². The van der Waals surface area contributed by atoms with Gasteiger partial charge in [0.15, 0.2) is 6.23 Å². The van der Waals surface area contributed by atoms with E-state index in [0.717, 1.165) is 32.4 Å². The van der Waals surface area contributed by atoms with Crippen LogP contribution in [0.5, 0.6) is 0 Å². The average molecular weight is 457 g/mol. The number of benzene rings is 1. The predicted octanol–water partition coefficient (Wildman–Crippen LogP) is 1.77. The molecule has 11 atom stereocenters. The number of rotatable bonds is 7. The molecule has 1 spiro atoms. The second-order valence-electron chi connectivity index (χ2n) is 11.7. The van der Waals surface area contributed by atoms with Crippen molar-refractivity contribution in [3.8, 4) is 0 Å². The first-order chi connectivity index (χ1) is 15.9. The zero-order valence-corrected chi connectivity index (χ0v) is 20.6. The third-order valence-electron chi connectivity index (χ3n) is 11.0. The van der Waals surface area contributed by atoms with Gasteiger partial charge >= 0.3 is 0 Å². The van der Waals surface area contributed by atoms with Crippen molar-refractivity contribution in [2.45, 2.75) is 82.0 Å². The van der Waals surface area contributed by atoms with Crippen LogP contribution in [0.15, 0.2) is 24.3 Å². The minimum Gasteiger partial charge on any atom is -0.392 e. The molecule has 33 heavy (non-hydrogen) atoms. The van der Waals surface area contributed by atoms with Crippen LogP contribution < -0.4 is 4.90 Å². The van der Waals surface area contributed by atoms with E-state index in [4.69, 9.17) is 0 Å². The molecule has 5 fully saturated rings. The zero-order chi connectivity index (χ0) is 23.3. The lowest BCUT2D eigenvalue weighted by atomic mass is 9.60. The molecule has 4 saturated heterocycles. The number of piperidine rings is 4. The van der Waals surface area contributed by atoms with E-state index in [1.165, 1.54) is 11.3 Å². The first-order valence-corrected chi connectivity index (χ1v) is 13.3. The molecular formula is C27H42N3O3+. The number of hydrogen-bond acceptors (Lipinski definition) is 5. The Morgan fingerprint density at radius 3 is 2.58 bits per heavy atom. The number of aliphatic hydroxyl groups excluding tert-OH is 3. The molecule has 5 heterocycles. The van der Waals surface area contributed by atoms with Crippen LogP contribution in [0.2, 0.25) is 0 Å². The van der Waals surface area contributed by atoms with E-state index in [1.54, 1.807) is 0 Å². The maximum absolute atomic E-state index is 12.1. The van der Waals surface area contributed by atoms with E-state index in [-0.39, 0.29) is 41.5 Å². The number of nitrogens with zero attached hydrogens (tertiary/aromatic N) is 3. The first kappa shape index (κ1) is 22.3. The molecule has 4 unspecified atom stereocenters. The summed E-state index contributed by atoms with van der Waals surface area (Å²) in [5, 5.41) is 35.5. The Morgan fingerprint density at radius 1 is 1.15 bits per heavy atom. The molecule has 7 rings (SSSR count). The summed E-state index contributed by atoms with van der Waals surface area (Å²) in [6, 6.07) is 9.31. The van der Waals surface area contributed by atoms with E-state index in [0.29, 0.717) is 23.5 Å². The molecular weight excluding hydrogens is 414 g/mol. The highest BCUT2D eigenvalue weighted by molar-refractivity contribution is 5.66. The summed E-state index contributed by atoms with van der Waals surface area (Å²) in [4.78, 5) is 4.71. The molecule has 5 aliphatic heterocycles. The van der Waals surface area contributed by atoms with Gasteiger partial charge in [0.05, 0.1) is 23.6 Å². The molecule has 6 heteroatoms. The molecule has 0 radical (unpaired) electrons. The Kier molecular flexibility index (Phi) is 5.01. The summed E-state index contributed by atoms with van der Waals surface area (Å²) in [5.41, 5.74) is 2.32. The lowest BCUT2D eigenvalue weighted by Gasteiger charge is -2.68. The number of fused-ring (bicyclic) bond motifs is 2. The van der Waals surface area contributed by atoms with Gasteiger partial charge in [-0.25, -0.2) is 0 Å². The fourth-order valence-corrected chi connectivity index (χ4v) is 9.96. The van der Waals surface area contributed by atoms with Gasteiger partial charge in [0.2, 0.25) is 0 Å². The summed E-state index contributed by atoms with van der Waals surface area (Å²) in [5.74, 6) is 0.785. The minimum atomic E-state index is -0.478. The Morgan fingerprint density at radius 2 is 1.88 bits per heavy atom. The van der Waals surface area contributed by atoms with Gasteiger partial charge in [-0.1, -0.05) is 39.0 Å². The zero-order valence-electron chi connectivity index (χ0n) is 20.6. The highest BCUT2D eigenvalue weighted by Crippen LogP contribution is 2.71. The van der Waals surface area contributed by atoms with Crippen molar-refractivity contribution in [1.29, 1.82) is 0 Å². The van der Waals surface area contributed by atoms with Gasteiger partial charge in [-0.05, 0) is 37.1 Å². The predicted molar refractivity (Wildman–Crippen MR) is 129 cm³/mol. The van der Waals surface area contributed by atoms with Crippen molar-refractivity contribution in [3.63, 3.8) is 0 Å². The van der Waals surface area contributed by atoms with Crippen LogP contribution in [0.25, 0.3) is 0 Å². The van der Waals surface area contributed by atoms with Crippen LogP contribution in [-0.4, -0.2) is 94.5 Å². The first-order valence-electron chi connectivity index (χ1n) is 13.3. The van der Waals surface area contributed by atoms with E-state index in [1.807, 2.05) is 0 Å². The Bertz CT molecular complexity index is 924. The second kappa shape index (κ2) is 7.41. The monoisotopic (exact) mass is 456 g/mol. The van der Waals surface area contributed by atoms with Crippen molar-refractivity contribution in [1.82, 2.24) is 4.90 Å². The molecule has 0 aromatic heterocycles. The quantitative estimate of drug-likeness (QED) is 0.546. The third-order valence-corrected chi connectivity index (χ3v) is 11.0. The summed E-state index contributed by atoms with van der Waals surface area (Å²) < 4.78 is 0.601. The molecule has 182 valence electrons. The van der Waals surface area contributed by atoms with E-state index < -0.39 is 12.3 Å². The van der Waals surface area contributed by atoms with Gasteiger partial charge in [0.1, 0.15) is 18.7 Å². The van der Waals surface area contributed by atoms with Gasteiger partial charge in [0.25, 0.3) is 0 Å². The van der Waals surface area contributed by atoms with Crippen molar-refractivity contribution in [3.05, 3.63) is 29.8 Å². The summed E-state index contributed by atoms with van der Waals surface area (Å²) in [7, 11) is 2.19. The third kappa shape index (κ3) is 2.47. The van der Waals surface area contributed by atoms with Crippen LogP contribution in [0, 0.1) is 17.8 Å². The molecule has 0 amide bonds. The number of anilines is 1. The highest BCUT2D eigenvalue weighted by Gasteiger charge is 2.83. The topological polar surface area (TPSA) is 67.2 Å². The summed E-state index contributed by atoms with van der Waals surface area (Å²) in [6.07, 6.45) is 1.60. The molecule has 1 saturated carbocycles. The molecule has 1 aromatic rings. The minimum absolute atomic E-state index is 0.171. The van der Waals surface area contributed by atoms with Crippen molar-refractivity contribution in [2.75, 3.05) is 38.1 Å². The van der Waals surface area contributed by atoms with Crippen molar-refractivity contribution < 1.29 is 19.8 Å². The normalized spacial score (nSPS) is 47.3. The average Bonchev–Trinajstić information content (AvgIpc) is 3.20. The molecule has 3 N–H and O–H groups in total. The van der Waals surface area contributed by atoms with Crippen LogP contribution in [0.4, 0.5) is 5.69 Å². The largest absolute Gasteiger partial charge is 0.392 e. The van der Waals surface area contributed by atoms with E-state index >= 15 is 0 Å². The lowest BCUT2D eigenvalue weighted by molar-refractivity contribution is -1.04. The lowest BCUT2D eigenvalue weighted by Crippen LogP contribution is -2.84. The van der Waals surface area contributed by atoms with Gasteiger partial charge in [-0.15, -0.1) is 0 Å². The van der Waals surface area contributed by atoms with Gasteiger partial charge < -0.3 is 25.1 Å².